The second-order valence-electron chi connectivity index (χ2n) is 6.54. The van der Waals surface area contributed by atoms with Gasteiger partial charge in [-0.05, 0) is 36.6 Å². The molecule has 0 saturated heterocycles. The van der Waals surface area contributed by atoms with E-state index in [1.54, 1.807) is 12.1 Å². The van der Waals surface area contributed by atoms with Crippen LogP contribution in [0.4, 0.5) is 10.5 Å². The number of halogens is 1. The molecule has 7 heteroatoms. The van der Waals surface area contributed by atoms with Crippen LogP contribution >= 0.6 is 11.6 Å². The zero-order valence-electron chi connectivity index (χ0n) is 14.2. The third kappa shape index (κ3) is 2.72. The predicted octanol–water partition coefficient (Wildman–Crippen LogP) is 3.71. The monoisotopic (exact) mass is 367 g/mol. The SMILES string of the molecule is Cn1c(-c2ccc(NC(N)=O)cc2Cl)nnc1C1(c2ccccc2)CC1. The Bertz CT molecular complexity index is 979. The van der Waals surface area contributed by atoms with Crippen LogP contribution in [0.3, 0.4) is 0 Å². The molecule has 0 spiro atoms. The summed E-state index contributed by atoms with van der Waals surface area (Å²) in [5, 5.41) is 11.9. The summed E-state index contributed by atoms with van der Waals surface area (Å²) in [5.74, 6) is 1.63. The summed E-state index contributed by atoms with van der Waals surface area (Å²) in [6, 6.07) is 15.0. The Labute approximate surface area is 156 Å². The second kappa shape index (κ2) is 6.14. The molecule has 4 rings (SSSR count). The van der Waals surface area contributed by atoms with E-state index in [1.807, 2.05) is 35.9 Å². The van der Waals surface area contributed by atoms with Crippen molar-refractivity contribution in [1.29, 1.82) is 0 Å². The van der Waals surface area contributed by atoms with Crippen LogP contribution in [0.1, 0.15) is 24.2 Å². The van der Waals surface area contributed by atoms with Crippen molar-refractivity contribution in [2.24, 2.45) is 12.8 Å². The van der Waals surface area contributed by atoms with Crippen LogP contribution in [-0.4, -0.2) is 20.8 Å². The van der Waals surface area contributed by atoms with Crippen LogP contribution < -0.4 is 11.1 Å². The molecule has 3 N–H and O–H groups in total. The third-order valence-electron chi connectivity index (χ3n) is 4.86. The number of nitrogens with zero attached hydrogens (tertiary/aromatic N) is 3. The first kappa shape index (κ1) is 16.6. The van der Waals surface area contributed by atoms with Crippen molar-refractivity contribution in [2.75, 3.05) is 5.32 Å². The number of anilines is 1. The van der Waals surface area contributed by atoms with Crippen molar-refractivity contribution in [3.8, 4) is 11.4 Å². The Morgan fingerprint density at radius 1 is 1.19 bits per heavy atom. The maximum absolute atomic E-state index is 11.0. The lowest BCUT2D eigenvalue weighted by Gasteiger charge is -2.15. The fraction of sp³-hybridized carbons (Fsp3) is 0.211. The van der Waals surface area contributed by atoms with Gasteiger partial charge in [0.2, 0.25) is 0 Å². The zero-order valence-corrected chi connectivity index (χ0v) is 15.0. The van der Waals surface area contributed by atoms with Crippen molar-refractivity contribution in [1.82, 2.24) is 14.8 Å². The van der Waals surface area contributed by atoms with Crippen LogP contribution in [0, 0.1) is 0 Å². The smallest absolute Gasteiger partial charge is 0.316 e. The van der Waals surface area contributed by atoms with Gasteiger partial charge in [-0.3, -0.25) is 0 Å². The second-order valence-corrected chi connectivity index (χ2v) is 6.95. The number of nitrogens with two attached hydrogens (primary N) is 1. The summed E-state index contributed by atoms with van der Waals surface area (Å²) in [6.45, 7) is 0. The number of benzene rings is 2. The lowest BCUT2D eigenvalue weighted by Crippen LogP contribution is -2.19. The van der Waals surface area contributed by atoms with E-state index >= 15 is 0 Å². The van der Waals surface area contributed by atoms with E-state index in [4.69, 9.17) is 17.3 Å². The maximum Gasteiger partial charge on any atom is 0.316 e. The Morgan fingerprint density at radius 2 is 1.92 bits per heavy atom. The summed E-state index contributed by atoms with van der Waals surface area (Å²) in [4.78, 5) is 11.0. The van der Waals surface area contributed by atoms with Crippen molar-refractivity contribution in [2.45, 2.75) is 18.3 Å². The fourth-order valence-electron chi connectivity index (χ4n) is 3.42. The Kier molecular flexibility index (Phi) is 3.92. The first-order valence-corrected chi connectivity index (χ1v) is 8.71. The van der Waals surface area contributed by atoms with Crippen LogP contribution in [0.2, 0.25) is 5.02 Å². The quantitative estimate of drug-likeness (QED) is 0.737. The van der Waals surface area contributed by atoms with Crippen molar-refractivity contribution in [3.05, 3.63) is 64.9 Å². The number of urea groups is 1. The lowest BCUT2D eigenvalue weighted by molar-refractivity contribution is 0.259. The highest BCUT2D eigenvalue weighted by atomic mass is 35.5. The lowest BCUT2D eigenvalue weighted by atomic mass is 9.95. The van der Waals surface area contributed by atoms with Gasteiger partial charge < -0.3 is 15.6 Å². The number of amides is 2. The molecule has 6 nitrogen and oxygen atoms in total. The van der Waals surface area contributed by atoms with Crippen LogP contribution in [0.25, 0.3) is 11.4 Å². The Hall–Kier alpha value is -2.86. The molecule has 0 aliphatic heterocycles. The molecule has 132 valence electrons. The molecule has 2 amide bonds. The molecule has 0 unspecified atom stereocenters. The van der Waals surface area contributed by atoms with E-state index in [0.717, 1.165) is 24.2 Å². The highest BCUT2D eigenvalue weighted by Gasteiger charge is 2.49. The fourth-order valence-corrected chi connectivity index (χ4v) is 3.69. The minimum atomic E-state index is -0.631. The molecule has 1 aromatic heterocycles. The van der Waals surface area contributed by atoms with E-state index in [1.165, 1.54) is 5.56 Å². The van der Waals surface area contributed by atoms with Gasteiger partial charge in [-0.1, -0.05) is 41.9 Å². The van der Waals surface area contributed by atoms with Crippen LogP contribution in [-0.2, 0) is 12.5 Å². The number of carbonyl (C=O) groups is 1. The Balaban J connectivity index is 1.72. The molecule has 0 atom stereocenters. The molecular formula is C19H18ClN5O. The molecule has 0 bridgehead atoms. The average molecular weight is 368 g/mol. The molecule has 1 heterocycles. The van der Waals surface area contributed by atoms with Gasteiger partial charge in [0, 0.05) is 18.3 Å². The molecule has 1 aliphatic rings. The van der Waals surface area contributed by atoms with Gasteiger partial charge in [-0.25, -0.2) is 4.79 Å². The summed E-state index contributed by atoms with van der Waals surface area (Å²) in [6.07, 6.45) is 2.11. The maximum atomic E-state index is 11.0. The number of carbonyl (C=O) groups excluding carboxylic acids is 1. The number of hydrogen-bond donors (Lipinski definition) is 2. The van der Waals surface area contributed by atoms with Crippen LogP contribution in [0.15, 0.2) is 48.5 Å². The molecule has 1 aliphatic carbocycles. The van der Waals surface area contributed by atoms with Crippen molar-refractivity contribution >= 4 is 23.3 Å². The standard InChI is InChI=1S/C19H18ClN5O/c1-25-16(14-8-7-13(11-15(14)20)22-18(21)26)23-24-17(25)19(9-10-19)12-5-3-2-4-6-12/h2-8,11H,9-10H2,1H3,(H3,21,22,26). The van der Waals surface area contributed by atoms with E-state index in [0.29, 0.717) is 16.5 Å². The number of rotatable bonds is 4. The van der Waals surface area contributed by atoms with Gasteiger partial charge in [0.15, 0.2) is 5.82 Å². The Morgan fingerprint density at radius 3 is 2.54 bits per heavy atom. The van der Waals surface area contributed by atoms with Crippen molar-refractivity contribution < 1.29 is 4.79 Å². The van der Waals surface area contributed by atoms with E-state index in [-0.39, 0.29) is 5.41 Å². The van der Waals surface area contributed by atoms with Gasteiger partial charge in [0.05, 0.1) is 10.4 Å². The van der Waals surface area contributed by atoms with Crippen molar-refractivity contribution in [3.63, 3.8) is 0 Å². The van der Waals surface area contributed by atoms with E-state index in [2.05, 4.69) is 27.6 Å². The minimum Gasteiger partial charge on any atom is -0.351 e. The largest absolute Gasteiger partial charge is 0.351 e. The molecule has 1 fully saturated rings. The van der Waals surface area contributed by atoms with Gasteiger partial charge in [0.25, 0.3) is 0 Å². The normalized spacial score (nSPS) is 14.8. The van der Waals surface area contributed by atoms with Gasteiger partial charge in [-0.2, -0.15) is 0 Å². The minimum absolute atomic E-state index is 0.0683. The van der Waals surface area contributed by atoms with Crippen LogP contribution in [0.5, 0.6) is 0 Å². The van der Waals surface area contributed by atoms with Gasteiger partial charge in [-0.15, -0.1) is 10.2 Å². The molecule has 26 heavy (non-hydrogen) atoms. The highest BCUT2D eigenvalue weighted by Crippen LogP contribution is 2.53. The highest BCUT2D eigenvalue weighted by molar-refractivity contribution is 6.33. The number of aromatic nitrogens is 3. The first-order valence-electron chi connectivity index (χ1n) is 8.33. The predicted molar refractivity (Wildman–Crippen MR) is 101 cm³/mol. The van der Waals surface area contributed by atoms with Gasteiger partial charge >= 0.3 is 6.03 Å². The first-order chi connectivity index (χ1) is 12.5. The molecule has 3 aromatic rings. The zero-order chi connectivity index (χ0) is 18.3. The molecule has 1 saturated carbocycles. The molecule has 2 aromatic carbocycles. The van der Waals surface area contributed by atoms with E-state index < -0.39 is 6.03 Å². The summed E-state index contributed by atoms with van der Waals surface area (Å²) in [7, 11) is 1.96. The summed E-state index contributed by atoms with van der Waals surface area (Å²) in [5.41, 5.74) is 7.63. The number of hydrogen-bond acceptors (Lipinski definition) is 3. The average Bonchev–Trinajstić information content (AvgIpc) is 3.33. The molecule has 0 radical (unpaired) electrons. The van der Waals surface area contributed by atoms with Gasteiger partial charge in [0.1, 0.15) is 5.82 Å². The van der Waals surface area contributed by atoms with E-state index in [9.17, 15) is 4.79 Å². The number of primary amides is 1. The molecular weight excluding hydrogens is 350 g/mol. The summed E-state index contributed by atoms with van der Waals surface area (Å²) >= 11 is 6.40. The summed E-state index contributed by atoms with van der Waals surface area (Å²) < 4.78 is 2.00. The topological polar surface area (TPSA) is 85.8 Å². The number of nitrogens with one attached hydrogen (secondary N) is 1. The third-order valence-corrected chi connectivity index (χ3v) is 5.17.